The zero-order chi connectivity index (χ0) is 49.3. The first kappa shape index (κ1) is 63.0. The van der Waals surface area contributed by atoms with E-state index >= 15 is 0 Å². The summed E-state index contributed by atoms with van der Waals surface area (Å²) in [7, 11) is 0. The molecule has 0 aromatic heterocycles. The van der Waals surface area contributed by atoms with Crippen LogP contribution in [0, 0.1) is 0 Å². The average molecular weight is 935 g/mol. The van der Waals surface area contributed by atoms with Gasteiger partial charge in [0.05, 0.1) is 0 Å². The Labute approximate surface area is 416 Å². The molecule has 6 nitrogen and oxygen atoms in total. The van der Waals surface area contributed by atoms with Crippen molar-refractivity contribution in [3.63, 3.8) is 0 Å². The number of hydrogen-bond acceptors (Lipinski definition) is 6. The summed E-state index contributed by atoms with van der Waals surface area (Å²) in [5.74, 6) is -1.02. The average Bonchev–Trinajstić information content (AvgIpc) is 3.34. The van der Waals surface area contributed by atoms with E-state index in [-0.39, 0.29) is 44.0 Å². The molecule has 0 rings (SSSR count). The van der Waals surface area contributed by atoms with Gasteiger partial charge in [0.15, 0.2) is 6.10 Å². The predicted octanol–water partition coefficient (Wildman–Crippen LogP) is 17.8. The normalized spacial score (nSPS) is 13.4. The van der Waals surface area contributed by atoms with Crippen LogP contribution >= 0.6 is 0 Å². The third-order valence-corrected chi connectivity index (χ3v) is 10.6. The third kappa shape index (κ3) is 52.0. The lowest BCUT2D eigenvalue weighted by Crippen LogP contribution is -2.30. The van der Waals surface area contributed by atoms with Crippen LogP contribution in [0.15, 0.2) is 158 Å². The third-order valence-electron chi connectivity index (χ3n) is 10.6. The summed E-state index contributed by atoms with van der Waals surface area (Å²) in [5.41, 5.74) is 0. The quantitative estimate of drug-likeness (QED) is 0.0262. The Balaban J connectivity index is 4.62. The maximum atomic E-state index is 12.8. The Morgan fingerprint density at radius 3 is 0.897 bits per heavy atom. The van der Waals surface area contributed by atoms with Gasteiger partial charge >= 0.3 is 17.9 Å². The molecule has 0 bridgehead atoms. The topological polar surface area (TPSA) is 78.9 Å². The lowest BCUT2D eigenvalue weighted by Gasteiger charge is -2.18. The number of ether oxygens (including phenoxy) is 3. The largest absolute Gasteiger partial charge is 0.462 e. The zero-order valence-corrected chi connectivity index (χ0v) is 43.0. The molecule has 0 aliphatic carbocycles. The fraction of sp³-hybridized carbons (Fsp3) is 0.532. The van der Waals surface area contributed by atoms with Gasteiger partial charge in [0.2, 0.25) is 0 Å². The van der Waals surface area contributed by atoms with Crippen LogP contribution in [0.4, 0.5) is 0 Å². The van der Waals surface area contributed by atoms with E-state index < -0.39 is 6.10 Å². The van der Waals surface area contributed by atoms with Crippen molar-refractivity contribution in [2.45, 2.75) is 200 Å². The molecule has 1 unspecified atom stereocenters. The first-order valence-corrected chi connectivity index (χ1v) is 26.7. The molecule has 0 saturated carbocycles. The zero-order valence-electron chi connectivity index (χ0n) is 43.0. The van der Waals surface area contributed by atoms with Crippen LogP contribution in [0.2, 0.25) is 0 Å². The molecule has 68 heavy (non-hydrogen) atoms. The number of rotatable bonds is 45. The van der Waals surface area contributed by atoms with Gasteiger partial charge in [-0.25, -0.2) is 0 Å². The maximum absolute atomic E-state index is 12.8. The summed E-state index contributed by atoms with van der Waals surface area (Å²) in [6.45, 7) is 6.25. The maximum Gasteiger partial charge on any atom is 0.306 e. The van der Waals surface area contributed by atoms with E-state index in [1.165, 1.54) is 70.6 Å². The Hall–Kier alpha value is -4.97. The van der Waals surface area contributed by atoms with E-state index in [0.717, 1.165) is 70.6 Å². The fourth-order valence-corrected chi connectivity index (χ4v) is 6.69. The highest BCUT2D eigenvalue weighted by atomic mass is 16.6. The molecular formula is C62H94O6. The van der Waals surface area contributed by atoms with Gasteiger partial charge in [-0.2, -0.15) is 0 Å². The second-order valence-corrected chi connectivity index (χ2v) is 17.0. The molecule has 1 atom stereocenters. The summed E-state index contributed by atoms with van der Waals surface area (Å²) in [6.07, 6.45) is 79.3. The lowest BCUT2D eigenvalue weighted by atomic mass is 10.0. The van der Waals surface area contributed by atoms with Gasteiger partial charge in [0.25, 0.3) is 0 Å². The Kier molecular flexibility index (Phi) is 50.6. The van der Waals surface area contributed by atoms with Crippen molar-refractivity contribution in [2.24, 2.45) is 0 Å². The van der Waals surface area contributed by atoms with Gasteiger partial charge in [-0.15, -0.1) is 0 Å². The minimum atomic E-state index is -0.827. The monoisotopic (exact) mass is 935 g/mol. The molecular weight excluding hydrogens is 841 g/mol. The second kappa shape index (κ2) is 54.6. The van der Waals surface area contributed by atoms with E-state index in [1.807, 2.05) is 134 Å². The molecule has 0 saturated heterocycles. The van der Waals surface area contributed by atoms with E-state index in [0.29, 0.717) is 19.3 Å². The molecule has 0 amide bonds. The Morgan fingerprint density at radius 1 is 0.309 bits per heavy atom. The second-order valence-electron chi connectivity index (χ2n) is 17.0. The number of allylic oxidation sites excluding steroid dienone is 26. The van der Waals surface area contributed by atoms with Gasteiger partial charge in [-0.1, -0.05) is 275 Å². The smallest absolute Gasteiger partial charge is 0.306 e. The van der Waals surface area contributed by atoms with Crippen molar-refractivity contribution >= 4 is 17.9 Å². The van der Waals surface area contributed by atoms with Gasteiger partial charge in [0.1, 0.15) is 13.2 Å². The van der Waals surface area contributed by atoms with Crippen LogP contribution in [-0.2, 0) is 28.6 Å². The molecule has 6 heteroatoms. The molecule has 0 aliphatic rings. The minimum Gasteiger partial charge on any atom is -0.462 e. The van der Waals surface area contributed by atoms with Crippen LogP contribution < -0.4 is 0 Å². The lowest BCUT2D eigenvalue weighted by molar-refractivity contribution is -0.167. The summed E-state index contributed by atoms with van der Waals surface area (Å²) in [6, 6.07) is 0. The van der Waals surface area contributed by atoms with Crippen LogP contribution in [-0.4, -0.2) is 37.2 Å². The van der Waals surface area contributed by atoms with Crippen molar-refractivity contribution in [2.75, 3.05) is 13.2 Å². The first-order valence-electron chi connectivity index (χ1n) is 26.7. The van der Waals surface area contributed by atoms with Crippen molar-refractivity contribution in [1.82, 2.24) is 0 Å². The SMILES string of the molecule is CC\C=C/C=C\C=C/C=C\C=C\C=C/C=C\CCCCCC(=O)OCC(COC(=O)CCCCCCCCCCCCCCCC)OC(=O)CCCCC\C=C/C=C/C=C\C=C/C=C\C=C/CC. The molecule has 0 N–H and O–H groups in total. The highest BCUT2D eigenvalue weighted by Gasteiger charge is 2.19. The molecule has 378 valence electrons. The Morgan fingerprint density at radius 2 is 0.574 bits per heavy atom. The van der Waals surface area contributed by atoms with Gasteiger partial charge in [0, 0.05) is 19.3 Å². The van der Waals surface area contributed by atoms with Gasteiger partial charge in [-0.3, -0.25) is 14.4 Å². The van der Waals surface area contributed by atoms with E-state index in [2.05, 4.69) is 45.1 Å². The van der Waals surface area contributed by atoms with Crippen LogP contribution in [0.1, 0.15) is 194 Å². The molecule has 0 radical (unpaired) electrons. The van der Waals surface area contributed by atoms with Crippen molar-refractivity contribution in [3.05, 3.63) is 158 Å². The van der Waals surface area contributed by atoms with Crippen molar-refractivity contribution < 1.29 is 28.6 Å². The molecule has 0 fully saturated rings. The highest BCUT2D eigenvalue weighted by Crippen LogP contribution is 2.14. The molecule has 0 heterocycles. The summed E-state index contributed by atoms with van der Waals surface area (Å²) in [4.78, 5) is 38.1. The number of carbonyl (C=O) groups excluding carboxylic acids is 3. The standard InChI is InChI=1S/C62H94O6/c1-4-7-10-13-16-19-22-25-28-30-31-33-34-37-40-43-46-49-52-55-61(64)67-58-59(57-66-60(63)54-51-48-45-42-39-36-27-24-21-18-15-12-9-6-3)68-62(65)56-53-50-47-44-41-38-35-32-29-26-23-20-17-14-11-8-5-2/h7-8,10-11,13-14,16-17,19-20,22-23,25-26,28-35,37-38,40-41,59H,4-6,9,12,15,18,21,24,27,36,39,42-58H2,1-3H3/b10-7-,11-8-,16-13-,17-14-,22-19-,23-20-,28-25-,29-26-,31-30+,34-33-,35-32+,40-37-,41-38-. The molecule has 0 aromatic rings. The summed E-state index contributed by atoms with van der Waals surface area (Å²) >= 11 is 0. The van der Waals surface area contributed by atoms with Crippen molar-refractivity contribution in [3.8, 4) is 0 Å². The van der Waals surface area contributed by atoms with Gasteiger partial charge in [-0.05, 0) is 57.8 Å². The summed E-state index contributed by atoms with van der Waals surface area (Å²) < 4.78 is 16.7. The highest BCUT2D eigenvalue weighted by molar-refractivity contribution is 5.71. The van der Waals surface area contributed by atoms with E-state index in [4.69, 9.17) is 14.2 Å². The Bertz CT molecular complexity index is 1590. The first-order chi connectivity index (χ1) is 33.5. The number of carbonyl (C=O) groups is 3. The molecule has 0 aliphatic heterocycles. The molecule has 0 spiro atoms. The van der Waals surface area contributed by atoms with Crippen LogP contribution in [0.25, 0.3) is 0 Å². The predicted molar refractivity (Wildman–Crippen MR) is 292 cm³/mol. The summed E-state index contributed by atoms with van der Waals surface area (Å²) in [5, 5.41) is 0. The van der Waals surface area contributed by atoms with E-state index in [9.17, 15) is 14.4 Å². The fourth-order valence-electron chi connectivity index (χ4n) is 6.69. The van der Waals surface area contributed by atoms with Crippen LogP contribution in [0.5, 0.6) is 0 Å². The van der Waals surface area contributed by atoms with Crippen molar-refractivity contribution in [1.29, 1.82) is 0 Å². The number of hydrogen-bond donors (Lipinski definition) is 0. The van der Waals surface area contributed by atoms with Crippen LogP contribution in [0.3, 0.4) is 0 Å². The van der Waals surface area contributed by atoms with E-state index in [1.54, 1.807) is 0 Å². The number of esters is 3. The minimum absolute atomic E-state index is 0.117. The number of unbranched alkanes of at least 4 members (excludes halogenated alkanes) is 19. The molecule has 0 aromatic carbocycles. The van der Waals surface area contributed by atoms with Gasteiger partial charge < -0.3 is 14.2 Å².